The Balaban J connectivity index is 0.000000648. The van der Waals surface area contributed by atoms with E-state index in [2.05, 4.69) is 554 Å². The molecule has 10 heteroatoms. The first-order chi connectivity index (χ1) is 48.4. The molecule has 0 aromatic carbocycles. The number of hydrogen-bond acceptors (Lipinski definition) is 10. The zero-order valence-corrected chi connectivity index (χ0v) is 95.5. The predicted molar refractivity (Wildman–Crippen MR) is 531 cm³/mol. The fraction of sp³-hybridized carbons (Fsp3) is 1.00. The molecule has 0 saturated carbocycles. The highest BCUT2D eigenvalue weighted by molar-refractivity contribution is 8.03. The Morgan fingerprint density at radius 1 is 0.122 bits per heavy atom. The van der Waals surface area contributed by atoms with Crippen LogP contribution in [-0.2, 0) is 14.2 Å². The molecule has 0 radical (unpaired) electrons. The number of rotatable bonds is 0. The van der Waals surface area contributed by atoms with Crippen molar-refractivity contribution in [3.05, 3.63) is 0 Å². The van der Waals surface area contributed by atoms with Crippen LogP contribution in [0.4, 0.5) is 0 Å². The van der Waals surface area contributed by atoms with Crippen molar-refractivity contribution in [2.24, 2.45) is 75.8 Å². The molecule has 115 heavy (non-hydrogen) atoms. The molecular weight excluding hydrogens is 1480 g/mol. The van der Waals surface area contributed by atoms with Crippen LogP contribution in [0.25, 0.3) is 0 Å². The molecule has 9 saturated heterocycles. The average Bonchev–Trinajstić information content (AvgIpc) is 1.61. The molecule has 9 fully saturated rings. The van der Waals surface area contributed by atoms with Crippen molar-refractivity contribution in [2.75, 3.05) is 21.1 Å². The van der Waals surface area contributed by atoms with Gasteiger partial charge in [0.1, 0.15) is 0 Å². The van der Waals surface area contributed by atoms with Gasteiger partial charge >= 0.3 is 0 Å². The molecule has 6 nitrogen and oxygen atoms in total. The number of likely N-dealkylation sites (tertiary alicyclic amines) is 2. The van der Waals surface area contributed by atoms with Gasteiger partial charge in [-0.05, 0) is 264 Å². The molecule has 0 aromatic heterocycles. The second-order valence-corrected chi connectivity index (χ2v) is 64.6. The van der Waals surface area contributed by atoms with Crippen molar-refractivity contribution < 1.29 is 14.2 Å². The Hall–Kier alpha value is 1.16. The van der Waals surface area contributed by atoms with Gasteiger partial charge in [-0.15, -0.1) is 47.0 Å². The Labute approximate surface area is 743 Å². The summed E-state index contributed by atoms with van der Waals surface area (Å²) in [5.74, 6) is 0. The van der Waals surface area contributed by atoms with Crippen molar-refractivity contribution in [1.82, 2.24) is 14.7 Å². The first-order valence-corrected chi connectivity index (χ1v) is 48.8. The molecule has 0 bridgehead atoms. The van der Waals surface area contributed by atoms with Gasteiger partial charge in [-0.25, -0.2) is 0 Å². The Kier molecular flexibility index (Phi) is 30.5. The molecule has 690 valence electrons. The number of thioether (sulfide) groups is 4. The molecule has 0 N–H and O–H groups in total. The molecular formula is C105H213N3O3S4. The standard InChI is InChI=1S/C13H27NS.2C13H27N.2C12H24O.2C12H24S.C9H18O.C9H18S/c1-10(2)12(5,6)15-13(7,8)11(3,4)14(10)9;2*1-10(2)11(3,4)13(7,8)14(9)12(10,5)6;4*1-9(2)10(3,4)12(7,8)13-11(9,5)6;2*1-7(2)8(3,4)10-9(7,5)6/h1-9H3;2*1-9H3;4*1-8H3;2*1-6H3. The highest BCUT2D eigenvalue weighted by atomic mass is 32.2. The molecule has 0 amide bonds. The summed E-state index contributed by atoms with van der Waals surface area (Å²) in [7, 11) is 6.79. The van der Waals surface area contributed by atoms with E-state index in [1.807, 2.05) is 0 Å². The lowest BCUT2D eigenvalue weighted by Crippen LogP contribution is -2.72. The first-order valence-electron chi connectivity index (χ1n) is 45.5. The normalized spacial score (nSPS) is 33.1. The SMILES string of the molecule is CC1(C)OC(C)(C)C(C)(C)C1(C)C.CC1(C)OC(C)(C)C(C)(C)C1(C)C.CC1(C)OC(C)(C)C1(C)C.CC1(C)SC(C)(C)C(C)(C)C1(C)C.CC1(C)SC(C)(C)C(C)(C)C1(C)C.CC1(C)SC(C)(C)C1(C)C.CN1C(C)(C)C(C)(C)C(C)(C)C1(C)C.CN1C(C)(C)C(C)(C)C(C)(C)C1(C)C.CN1C(C)(C)C(C)(C)SC(C)(C)C1(C)C. The molecule has 0 unspecified atom stereocenters. The third-order valence-corrected chi connectivity index (χ3v) is 53.2. The van der Waals surface area contributed by atoms with E-state index in [9.17, 15) is 0 Å². The summed E-state index contributed by atoms with van der Waals surface area (Å²) in [6, 6.07) is 0. The van der Waals surface area contributed by atoms with Crippen LogP contribution in [-0.4, -0.2) is 141 Å². The van der Waals surface area contributed by atoms with E-state index in [4.69, 9.17) is 14.2 Å². The van der Waals surface area contributed by atoms with Crippen molar-refractivity contribution in [3.8, 4) is 0 Å². The number of hydrogen-bond donors (Lipinski definition) is 0. The number of ether oxygens (including phenoxy) is 3. The van der Waals surface area contributed by atoms with Gasteiger partial charge in [-0.3, -0.25) is 14.7 Å². The maximum atomic E-state index is 6.17. The lowest BCUT2D eigenvalue weighted by Gasteiger charge is -2.65. The second kappa shape index (κ2) is 30.7. The maximum Gasteiger partial charge on any atom is 0.0712 e. The van der Waals surface area contributed by atoms with E-state index in [-0.39, 0.29) is 98.0 Å². The van der Waals surface area contributed by atoms with Gasteiger partial charge < -0.3 is 14.2 Å². The maximum absolute atomic E-state index is 6.17. The van der Waals surface area contributed by atoms with E-state index in [1.54, 1.807) is 0 Å². The molecule has 9 aliphatic rings. The largest absolute Gasteiger partial charge is 0.369 e. The molecule has 0 aromatic rings. The summed E-state index contributed by atoms with van der Waals surface area (Å²) >= 11 is 8.49. The molecule has 0 spiro atoms. The third kappa shape index (κ3) is 16.9. The van der Waals surface area contributed by atoms with E-state index in [0.29, 0.717) is 82.6 Å². The summed E-state index contributed by atoms with van der Waals surface area (Å²) in [6.07, 6.45) is 0. The van der Waals surface area contributed by atoms with Crippen LogP contribution in [0.3, 0.4) is 0 Å². The smallest absolute Gasteiger partial charge is 0.0712 e. The predicted octanol–water partition coefficient (Wildman–Crippen LogP) is 32.7. The van der Waals surface area contributed by atoms with Gasteiger partial charge in [-0.1, -0.05) is 277 Å². The summed E-state index contributed by atoms with van der Waals surface area (Å²) in [4.78, 5) is 7.64. The van der Waals surface area contributed by atoms with Gasteiger partial charge in [0, 0.05) is 98.3 Å². The van der Waals surface area contributed by atoms with Crippen molar-refractivity contribution in [1.29, 1.82) is 0 Å². The Morgan fingerprint density at radius 3 is 0.296 bits per heavy atom. The van der Waals surface area contributed by atoms with Crippen molar-refractivity contribution >= 4 is 47.0 Å². The van der Waals surface area contributed by atoms with E-state index in [1.165, 1.54) is 0 Å². The fourth-order valence-corrected chi connectivity index (χ4v) is 30.0. The van der Waals surface area contributed by atoms with Crippen molar-refractivity contribution in [3.63, 3.8) is 0 Å². The molecule has 9 heterocycles. The van der Waals surface area contributed by atoms with Gasteiger partial charge in [-0.2, -0.15) is 0 Å². The Bertz CT molecular complexity index is 2850. The second-order valence-electron chi connectivity index (χ2n) is 55.6. The van der Waals surface area contributed by atoms with E-state index < -0.39 is 0 Å². The minimum atomic E-state index is -0.0417. The monoisotopic (exact) mass is 1690 g/mol. The van der Waals surface area contributed by atoms with Crippen LogP contribution in [0.2, 0.25) is 0 Å². The van der Waals surface area contributed by atoms with E-state index >= 15 is 0 Å². The third-order valence-electron chi connectivity index (χ3n) is 45.1. The quantitative estimate of drug-likeness (QED) is 0.234. The van der Waals surface area contributed by atoms with E-state index in [0.717, 1.165) is 0 Å². The lowest BCUT2D eigenvalue weighted by molar-refractivity contribution is -0.339. The zero-order valence-electron chi connectivity index (χ0n) is 92.2. The molecule has 9 aliphatic heterocycles. The highest BCUT2D eigenvalue weighted by Crippen LogP contribution is 2.73. The highest BCUT2D eigenvalue weighted by Gasteiger charge is 2.71. The van der Waals surface area contributed by atoms with Crippen LogP contribution in [0.5, 0.6) is 0 Å². The summed E-state index contributed by atoms with van der Waals surface area (Å²) < 4.78 is 21.1. The fourth-order valence-electron chi connectivity index (χ4n) is 21.3. The van der Waals surface area contributed by atoms with Gasteiger partial charge in [0.15, 0.2) is 0 Å². The summed E-state index contributed by atoms with van der Waals surface area (Å²) in [6.45, 7) is 159. The van der Waals surface area contributed by atoms with Gasteiger partial charge in [0.05, 0.1) is 33.6 Å². The molecule has 0 aliphatic carbocycles. The van der Waals surface area contributed by atoms with Crippen LogP contribution < -0.4 is 0 Å². The first kappa shape index (κ1) is 114. The summed E-state index contributed by atoms with van der Waals surface area (Å²) in [5, 5.41) is 0. The van der Waals surface area contributed by atoms with Crippen LogP contribution in [0.1, 0.15) is 471 Å². The zero-order chi connectivity index (χ0) is 94.7. The average molecular weight is 1690 g/mol. The van der Waals surface area contributed by atoms with Crippen LogP contribution in [0.15, 0.2) is 0 Å². The van der Waals surface area contributed by atoms with Crippen LogP contribution in [0, 0.1) is 75.8 Å². The topological polar surface area (TPSA) is 37.4 Å². The number of nitrogens with zero attached hydrogens (tertiary/aromatic N) is 3. The molecule has 0 atom stereocenters. The lowest BCUT2D eigenvalue weighted by atomic mass is 9.57. The van der Waals surface area contributed by atoms with Gasteiger partial charge in [0.25, 0.3) is 0 Å². The molecule has 9 rings (SSSR count). The van der Waals surface area contributed by atoms with Crippen LogP contribution >= 0.6 is 47.0 Å². The van der Waals surface area contributed by atoms with Gasteiger partial charge in [0.2, 0.25) is 0 Å². The summed E-state index contributed by atoms with van der Waals surface area (Å²) in [5.41, 5.74) is 5.74. The minimum Gasteiger partial charge on any atom is -0.369 e. The van der Waals surface area contributed by atoms with Crippen molar-refractivity contribution in [2.45, 2.75) is 576 Å². The Morgan fingerprint density at radius 2 is 0.235 bits per heavy atom. The minimum absolute atomic E-state index is 0.0417.